The third-order valence-electron chi connectivity index (χ3n) is 2.20. The molecule has 0 aromatic carbocycles. The Morgan fingerprint density at radius 2 is 1.93 bits per heavy atom. The van der Waals surface area contributed by atoms with Crippen molar-refractivity contribution in [3.63, 3.8) is 0 Å². The van der Waals surface area contributed by atoms with E-state index in [-0.39, 0.29) is 5.92 Å². The van der Waals surface area contributed by atoms with Gasteiger partial charge in [0.25, 0.3) is 0 Å². The molecule has 0 aliphatic rings. The predicted molar refractivity (Wildman–Crippen MR) is 61.3 cm³/mol. The number of halogens is 1. The van der Waals surface area contributed by atoms with E-state index in [1.165, 1.54) is 12.8 Å². The molecule has 0 heterocycles. The molecule has 0 aliphatic carbocycles. The predicted octanol–water partition coefficient (Wildman–Crippen LogP) is 3.52. The first-order valence-corrected chi connectivity index (χ1v) is 5.75. The number of ketones is 1. The third kappa shape index (κ3) is 7.13. The summed E-state index contributed by atoms with van der Waals surface area (Å²) in [7, 11) is 0. The fourth-order valence-corrected chi connectivity index (χ4v) is 1.17. The monoisotopic (exact) mass is 212 g/mol. The van der Waals surface area contributed by atoms with Gasteiger partial charge in [-0.2, -0.15) is 0 Å². The van der Waals surface area contributed by atoms with Crippen LogP contribution in [0.15, 0.2) is 0 Å². The third-order valence-corrected chi connectivity index (χ3v) is 2.20. The highest BCUT2D eigenvalue weighted by Crippen LogP contribution is 2.04. The molecule has 0 aromatic rings. The molecule has 0 N–H and O–H groups in total. The first kappa shape index (κ1) is 14.2. The van der Waals surface area contributed by atoms with Gasteiger partial charge in [0.2, 0.25) is 6.17 Å². The highest BCUT2D eigenvalue weighted by Gasteiger charge is 2.17. The molecule has 0 fully saturated rings. The van der Waals surface area contributed by atoms with E-state index in [4.69, 9.17) is 0 Å². The molecule has 0 radical (unpaired) electrons. The summed E-state index contributed by atoms with van der Waals surface area (Å²) in [5, 5.41) is 0. The summed E-state index contributed by atoms with van der Waals surface area (Å²) in [5.41, 5.74) is 0. The summed E-state index contributed by atoms with van der Waals surface area (Å²) in [6, 6.07) is 0. The SMILES string of the molecule is CCCCCCC#CC(F)C(=O)C(C)C. The lowest BCUT2D eigenvalue weighted by atomic mass is 10.1. The van der Waals surface area contributed by atoms with Gasteiger partial charge in [-0.05, 0) is 6.42 Å². The van der Waals surface area contributed by atoms with E-state index in [2.05, 4.69) is 18.8 Å². The highest BCUT2D eigenvalue weighted by atomic mass is 19.1. The van der Waals surface area contributed by atoms with Crippen LogP contribution in [-0.4, -0.2) is 12.0 Å². The van der Waals surface area contributed by atoms with E-state index in [0.717, 1.165) is 12.8 Å². The molecule has 0 spiro atoms. The molecule has 1 nitrogen and oxygen atoms in total. The number of carbonyl (C=O) groups excluding carboxylic acids is 1. The van der Waals surface area contributed by atoms with Gasteiger partial charge in [0.15, 0.2) is 5.78 Å². The fourth-order valence-electron chi connectivity index (χ4n) is 1.17. The van der Waals surface area contributed by atoms with E-state index in [0.29, 0.717) is 6.42 Å². The fraction of sp³-hybridized carbons (Fsp3) is 0.769. The molecular formula is C13H21FO. The maximum atomic E-state index is 13.1. The van der Waals surface area contributed by atoms with E-state index >= 15 is 0 Å². The summed E-state index contributed by atoms with van der Waals surface area (Å²) in [4.78, 5) is 11.1. The van der Waals surface area contributed by atoms with Crippen molar-refractivity contribution >= 4 is 5.78 Å². The van der Waals surface area contributed by atoms with Crippen LogP contribution in [0.5, 0.6) is 0 Å². The van der Waals surface area contributed by atoms with Crippen LogP contribution in [0.4, 0.5) is 4.39 Å². The molecule has 2 heteroatoms. The average Bonchev–Trinajstić information content (AvgIpc) is 2.21. The number of Topliss-reactive ketones (excluding diaryl/α,β-unsaturated/α-hetero) is 1. The Bertz CT molecular complexity index is 235. The van der Waals surface area contributed by atoms with E-state index in [1.54, 1.807) is 13.8 Å². The summed E-state index contributed by atoms with van der Waals surface area (Å²) in [6.45, 7) is 5.53. The zero-order valence-corrected chi connectivity index (χ0v) is 9.98. The van der Waals surface area contributed by atoms with Crippen LogP contribution in [-0.2, 0) is 4.79 Å². The molecule has 0 saturated carbocycles. The Labute approximate surface area is 92.4 Å². The van der Waals surface area contributed by atoms with Crippen LogP contribution in [0.2, 0.25) is 0 Å². The van der Waals surface area contributed by atoms with Crippen molar-refractivity contribution in [2.24, 2.45) is 5.92 Å². The highest BCUT2D eigenvalue weighted by molar-refractivity contribution is 5.87. The van der Waals surface area contributed by atoms with Crippen molar-refractivity contribution in [3.05, 3.63) is 0 Å². The molecule has 0 aliphatic heterocycles. The molecule has 1 unspecified atom stereocenters. The molecule has 0 bridgehead atoms. The number of rotatable bonds is 6. The Balaban J connectivity index is 3.71. The Morgan fingerprint density at radius 1 is 1.27 bits per heavy atom. The zero-order chi connectivity index (χ0) is 11.7. The smallest absolute Gasteiger partial charge is 0.218 e. The molecule has 15 heavy (non-hydrogen) atoms. The van der Waals surface area contributed by atoms with Gasteiger partial charge < -0.3 is 0 Å². The summed E-state index contributed by atoms with van der Waals surface area (Å²) in [6.07, 6.45) is 3.64. The normalized spacial score (nSPS) is 12.1. The van der Waals surface area contributed by atoms with Gasteiger partial charge in [-0.3, -0.25) is 4.79 Å². The standard InChI is InChI=1S/C13H21FO/c1-4-5-6-7-8-9-10-12(14)13(15)11(2)3/h11-12H,4-8H2,1-3H3. The summed E-state index contributed by atoms with van der Waals surface area (Å²) >= 11 is 0. The lowest BCUT2D eigenvalue weighted by Gasteiger charge is -2.02. The van der Waals surface area contributed by atoms with Gasteiger partial charge in [-0.15, -0.1) is 0 Å². The van der Waals surface area contributed by atoms with E-state index in [1.807, 2.05) is 0 Å². The van der Waals surface area contributed by atoms with Crippen molar-refractivity contribution in [2.75, 3.05) is 0 Å². The largest absolute Gasteiger partial charge is 0.295 e. The number of unbranched alkanes of at least 4 members (excludes halogenated alkanes) is 4. The molecule has 0 saturated heterocycles. The van der Waals surface area contributed by atoms with Crippen molar-refractivity contribution in [3.8, 4) is 11.8 Å². The first-order valence-electron chi connectivity index (χ1n) is 5.75. The lowest BCUT2D eigenvalue weighted by Crippen LogP contribution is -2.19. The van der Waals surface area contributed by atoms with Gasteiger partial charge in [-0.25, -0.2) is 4.39 Å². The minimum Gasteiger partial charge on any atom is -0.295 e. The van der Waals surface area contributed by atoms with Crippen LogP contribution < -0.4 is 0 Å². The van der Waals surface area contributed by atoms with Crippen molar-refractivity contribution in [2.45, 2.75) is 59.0 Å². The van der Waals surface area contributed by atoms with Crippen LogP contribution in [0.25, 0.3) is 0 Å². The van der Waals surface area contributed by atoms with Crippen LogP contribution >= 0.6 is 0 Å². The molecule has 86 valence electrons. The van der Waals surface area contributed by atoms with Gasteiger partial charge in [0, 0.05) is 12.3 Å². The molecule has 0 amide bonds. The quantitative estimate of drug-likeness (QED) is 0.486. The molecular weight excluding hydrogens is 191 g/mol. The number of hydrogen-bond acceptors (Lipinski definition) is 1. The summed E-state index contributed by atoms with van der Waals surface area (Å²) in [5.74, 6) is 4.43. The van der Waals surface area contributed by atoms with E-state index < -0.39 is 12.0 Å². The van der Waals surface area contributed by atoms with Gasteiger partial charge in [-0.1, -0.05) is 51.9 Å². The average molecular weight is 212 g/mol. The van der Waals surface area contributed by atoms with Crippen molar-refractivity contribution in [1.29, 1.82) is 0 Å². The van der Waals surface area contributed by atoms with Gasteiger partial charge >= 0.3 is 0 Å². The Hall–Kier alpha value is -0.840. The van der Waals surface area contributed by atoms with Crippen LogP contribution in [0.3, 0.4) is 0 Å². The number of alkyl halides is 1. The second kappa shape index (κ2) is 8.47. The first-order chi connectivity index (χ1) is 7.09. The maximum absolute atomic E-state index is 13.1. The van der Waals surface area contributed by atoms with Crippen molar-refractivity contribution in [1.82, 2.24) is 0 Å². The van der Waals surface area contributed by atoms with Gasteiger partial charge in [0.1, 0.15) is 0 Å². The van der Waals surface area contributed by atoms with Crippen LogP contribution in [0.1, 0.15) is 52.9 Å². The second-order valence-corrected chi connectivity index (χ2v) is 4.05. The maximum Gasteiger partial charge on any atom is 0.218 e. The minimum atomic E-state index is -1.59. The topological polar surface area (TPSA) is 17.1 Å². The van der Waals surface area contributed by atoms with E-state index in [9.17, 15) is 9.18 Å². The zero-order valence-electron chi connectivity index (χ0n) is 9.98. The minimum absolute atomic E-state index is 0.269. The number of carbonyl (C=O) groups is 1. The summed E-state index contributed by atoms with van der Waals surface area (Å²) < 4.78 is 13.1. The molecule has 0 rings (SSSR count). The Morgan fingerprint density at radius 3 is 2.47 bits per heavy atom. The molecule has 1 atom stereocenters. The molecule has 0 aromatic heterocycles. The van der Waals surface area contributed by atoms with Crippen molar-refractivity contribution < 1.29 is 9.18 Å². The van der Waals surface area contributed by atoms with Crippen LogP contribution in [0, 0.1) is 17.8 Å². The van der Waals surface area contributed by atoms with Gasteiger partial charge in [0.05, 0.1) is 0 Å². The Kier molecular flexibility index (Phi) is 7.99. The lowest BCUT2D eigenvalue weighted by molar-refractivity contribution is -0.124. The number of hydrogen-bond donors (Lipinski definition) is 0. The second-order valence-electron chi connectivity index (χ2n) is 4.05.